The maximum Gasteiger partial charge on any atom is 0.416 e. The maximum atomic E-state index is 13.4. The summed E-state index contributed by atoms with van der Waals surface area (Å²) in [5.41, 5.74) is 0.420. The largest absolute Gasteiger partial charge is 0.494 e. The second-order valence-electron chi connectivity index (χ2n) is 7.37. The molecular formula is C24H23F3N2O4S. The lowest BCUT2D eigenvalue weighted by molar-refractivity contribution is -0.137. The van der Waals surface area contributed by atoms with Gasteiger partial charge in [0.25, 0.3) is 10.0 Å². The number of ether oxygens (including phenoxy) is 1. The van der Waals surface area contributed by atoms with Crippen molar-refractivity contribution in [3.8, 4) is 5.75 Å². The predicted molar refractivity (Wildman–Crippen MR) is 123 cm³/mol. The van der Waals surface area contributed by atoms with Crippen molar-refractivity contribution in [1.82, 2.24) is 0 Å². The summed E-state index contributed by atoms with van der Waals surface area (Å²) < 4.78 is 71.4. The summed E-state index contributed by atoms with van der Waals surface area (Å²) in [7, 11) is -4.14. The normalized spacial score (nSPS) is 11.7. The van der Waals surface area contributed by atoms with E-state index in [4.69, 9.17) is 4.74 Å². The van der Waals surface area contributed by atoms with E-state index < -0.39 is 34.2 Å². The fourth-order valence-corrected chi connectivity index (χ4v) is 4.52. The number of alkyl halides is 3. The molecule has 10 heteroatoms. The molecule has 1 amide bonds. The number of carbonyl (C=O) groups excluding carboxylic acids is 1. The van der Waals surface area contributed by atoms with Crippen molar-refractivity contribution in [3.63, 3.8) is 0 Å². The molecule has 3 aromatic rings. The molecule has 0 aromatic heterocycles. The topological polar surface area (TPSA) is 75.7 Å². The molecule has 6 nitrogen and oxygen atoms in total. The molecule has 0 aliphatic carbocycles. The average Bonchev–Trinajstić information content (AvgIpc) is 2.78. The number of rotatable bonds is 8. The smallest absolute Gasteiger partial charge is 0.416 e. The van der Waals surface area contributed by atoms with Gasteiger partial charge in [0.05, 0.1) is 22.8 Å². The Balaban J connectivity index is 1.87. The molecule has 0 bridgehead atoms. The van der Waals surface area contributed by atoms with Crippen molar-refractivity contribution < 1.29 is 31.1 Å². The first-order chi connectivity index (χ1) is 16.0. The highest BCUT2D eigenvalue weighted by Crippen LogP contribution is 2.30. The monoisotopic (exact) mass is 492 g/mol. The molecule has 3 rings (SSSR count). The van der Waals surface area contributed by atoms with Crippen LogP contribution < -0.4 is 14.4 Å². The van der Waals surface area contributed by atoms with E-state index in [1.807, 2.05) is 6.92 Å². The molecule has 0 aliphatic heterocycles. The maximum absolute atomic E-state index is 13.4. The second-order valence-corrected chi connectivity index (χ2v) is 9.24. The lowest BCUT2D eigenvalue weighted by atomic mass is 10.2. The van der Waals surface area contributed by atoms with Crippen LogP contribution in [-0.4, -0.2) is 27.5 Å². The van der Waals surface area contributed by atoms with Crippen LogP contribution in [0.2, 0.25) is 0 Å². The van der Waals surface area contributed by atoms with Gasteiger partial charge in [0.15, 0.2) is 0 Å². The summed E-state index contributed by atoms with van der Waals surface area (Å²) in [6, 6.07) is 16.3. The molecule has 1 N–H and O–H groups in total. The van der Waals surface area contributed by atoms with E-state index in [1.54, 1.807) is 31.2 Å². The number of hydrogen-bond donors (Lipinski definition) is 1. The fraction of sp³-hybridized carbons (Fsp3) is 0.208. The van der Waals surface area contributed by atoms with Crippen LogP contribution in [0.4, 0.5) is 24.5 Å². The third-order valence-electron chi connectivity index (χ3n) is 4.83. The van der Waals surface area contributed by atoms with Crippen molar-refractivity contribution >= 4 is 27.3 Å². The summed E-state index contributed by atoms with van der Waals surface area (Å²) in [5.74, 6) is -0.210. The number of anilines is 2. The van der Waals surface area contributed by atoms with E-state index in [9.17, 15) is 26.4 Å². The van der Waals surface area contributed by atoms with Crippen molar-refractivity contribution in [2.24, 2.45) is 0 Å². The van der Waals surface area contributed by atoms with Crippen LogP contribution in [0.3, 0.4) is 0 Å². The summed E-state index contributed by atoms with van der Waals surface area (Å²) in [6.07, 6.45) is -4.50. The zero-order valence-electron chi connectivity index (χ0n) is 18.5. The number of carbonyl (C=O) groups is 1. The number of amides is 1. The number of nitrogens with one attached hydrogen (secondary N) is 1. The molecule has 0 fully saturated rings. The zero-order valence-corrected chi connectivity index (χ0v) is 19.3. The Labute approximate surface area is 196 Å². The first kappa shape index (κ1) is 25.1. The highest BCUT2D eigenvalue weighted by molar-refractivity contribution is 7.92. The van der Waals surface area contributed by atoms with Gasteiger partial charge >= 0.3 is 6.18 Å². The van der Waals surface area contributed by atoms with Crippen LogP contribution in [0.1, 0.15) is 18.1 Å². The van der Waals surface area contributed by atoms with Crippen molar-refractivity contribution in [2.75, 3.05) is 22.8 Å². The van der Waals surface area contributed by atoms with Gasteiger partial charge in [-0.25, -0.2) is 8.42 Å². The van der Waals surface area contributed by atoms with Crippen LogP contribution >= 0.6 is 0 Å². The number of hydrogen-bond acceptors (Lipinski definition) is 4. The van der Waals surface area contributed by atoms with E-state index in [2.05, 4.69) is 5.32 Å². The molecule has 0 saturated heterocycles. The molecule has 180 valence electrons. The molecule has 0 aliphatic rings. The van der Waals surface area contributed by atoms with Gasteiger partial charge in [0, 0.05) is 5.69 Å². The third-order valence-corrected chi connectivity index (χ3v) is 6.62. The van der Waals surface area contributed by atoms with Crippen LogP contribution in [0.25, 0.3) is 0 Å². The third kappa shape index (κ3) is 6.07. The highest BCUT2D eigenvalue weighted by Gasteiger charge is 2.30. The number of benzene rings is 3. The summed E-state index contributed by atoms with van der Waals surface area (Å²) >= 11 is 0. The van der Waals surface area contributed by atoms with Gasteiger partial charge in [-0.05, 0) is 74.5 Å². The van der Waals surface area contributed by atoms with E-state index in [0.29, 0.717) is 12.4 Å². The van der Waals surface area contributed by atoms with E-state index >= 15 is 0 Å². The molecule has 0 heterocycles. The predicted octanol–water partition coefficient (Wildman–Crippen LogP) is 5.25. The van der Waals surface area contributed by atoms with Crippen LogP contribution in [0.5, 0.6) is 5.75 Å². The molecule has 0 unspecified atom stereocenters. The van der Waals surface area contributed by atoms with Gasteiger partial charge in [-0.3, -0.25) is 9.10 Å². The van der Waals surface area contributed by atoms with Gasteiger partial charge < -0.3 is 10.1 Å². The van der Waals surface area contributed by atoms with Gasteiger partial charge in [-0.2, -0.15) is 13.2 Å². The zero-order chi connectivity index (χ0) is 24.9. The van der Waals surface area contributed by atoms with Crippen molar-refractivity contribution in [2.45, 2.75) is 24.9 Å². The molecule has 0 spiro atoms. The molecule has 34 heavy (non-hydrogen) atoms. The first-order valence-electron chi connectivity index (χ1n) is 10.3. The minimum absolute atomic E-state index is 0.0427. The Hall–Kier alpha value is -3.53. The van der Waals surface area contributed by atoms with Crippen molar-refractivity contribution in [3.05, 3.63) is 83.9 Å². The Bertz CT molecular complexity index is 1230. The van der Waals surface area contributed by atoms with Gasteiger partial charge in [0.1, 0.15) is 12.3 Å². The molecule has 3 aromatic carbocycles. The van der Waals surface area contributed by atoms with E-state index in [-0.39, 0.29) is 16.3 Å². The summed E-state index contributed by atoms with van der Waals surface area (Å²) in [4.78, 5) is 12.7. The fourth-order valence-electron chi connectivity index (χ4n) is 3.10. The first-order valence-corrected chi connectivity index (χ1v) is 11.7. The Morgan fingerprint density at radius 1 is 0.941 bits per heavy atom. The van der Waals surface area contributed by atoms with Crippen LogP contribution in [0, 0.1) is 6.92 Å². The summed E-state index contributed by atoms with van der Waals surface area (Å²) in [5, 5.41) is 2.45. The van der Waals surface area contributed by atoms with E-state index in [0.717, 1.165) is 34.1 Å². The second kappa shape index (κ2) is 10.2. The quantitative estimate of drug-likeness (QED) is 0.466. The Morgan fingerprint density at radius 3 is 2.06 bits per heavy atom. The molecule has 0 radical (unpaired) electrons. The molecular weight excluding hydrogens is 469 g/mol. The Kier molecular flexibility index (Phi) is 7.51. The summed E-state index contributed by atoms with van der Waals surface area (Å²) in [6.45, 7) is 3.48. The van der Waals surface area contributed by atoms with Gasteiger partial charge in [-0.1, -0.05) is 17.7 Å². The Morgan fingerprint density at radius 2 is 1.53 bits per heavy atom. The highest BCUT2D eigenvalue weighted by atomic mass is 32.2. The van der Waals surface area contributed by atoms with Crippen LogP contribution in [0.15, 0.2) is 77.7 Å². The minimum atomic E-state index is -4.50. The number of sulfonamides is 1. The average molecular weight is 493 g/mol. The number of aryl methyl sites for hydroxylation is 1. The standard InChI is InChI=1S/C24H23F3N2O4S/c1-3-33-21-12-14-22(15-13-21)34(31,32)29(20-10-4-17(2)5-11-20)16-23(30)28-19-8-6-18(7-9-19)24(25,26)27/h4-15H,3,16H2,1-2H3,(H,28,30). The minimum Gasteiger partial charge on any atom is -0.494 e. The SMILES string of the molecule is CCOc1ccc(S(=O)(=O)N(CC(=O)Nc2ccc(C(F)(F)F)cc2)c2ccc(C)cc2)cc1. The molecule has 0 saturated carbocycles. The van der Waals surface area contributed by atoms with Gasteiger partial charge in [-0.15, -0.1) is 0 Å². The van der Waals surface area contributed by atoms with Gasteiger partial charge in [0.2, 0.25) is 5.91 Å². The molecule has 0 atom stereocenters. The number of nitrogens with zero attached hydrogens (tertiary/aromatic N) is 1. The van der Waals surface area contributed by atoms with Crippen molar-refractivity contribution in [1.29, 1.82) is 0 Å². The van der Waals surface area contributed by atoms with Crippen LogP contribution in [-0.2, 0) is 21.0 Å². The lowest BCUT2D eigenvalue weighted by Gasteiger charge is -2.24. The lowest BCUT2D eigenvalue weighted by Crippen LogP contribution is -2.38. The number of halogens is 3. The van der Waals surface area contributed by atoms with E-state index in [1.165, 1.54) is 24.3 Å².